The summed E-state index contributed by atoms with van der Waals surface area (Å²) in [6, 6.07) is 0. The fourth-order valence-corrected chi connectivity index (χ4v) is 1.81. The molecule has 0 heterocycles. The molecule has 10 heavy (non-hydrogen) atoms. The summed E-state index contributed by atoms with van der Waals surface area (Å²) in [7, 11) is -3.52. The van der Waals surface area contributed by atoms with Gasteiger partial charge < -0.3 is 0 Å². The van der Waals surface area contributed by atoms with Crippen LogP contribution in [0.2, 0.25) is 0 Å². The van der Waals surface area contributed by atoms with E-state index in [1.54, 1.807) is 0 Å². The molecule has 0 aromatic rings. The molecule has 0 saturated carbocycles. The second-order valence-corrected chi connectivity index (χ2v) is 4.22. The summed E-state index contributed by atoms with van der Waals surface area (Å²) in [5, 5.41) is 9.76. The van der Waals surface area contributed by atoms with E-state index in [-0.39, 0.29) is 11.6 Å². The maximum atomic E-state index is 10.5. The average molecular weight is 186 g/mol. The highest BCUT2D eigenvalue weighted by Crippen LogP contribution is 1.91. The van der Waals surface area contributed by atoms with E-state index in [4.69, 9.17) is 11.6 Å². The van der Waals surface area contributed by atoms with Crippen molar-refractivity contribution in [3.8, 4) is 0 Å². The van der Waals surface area contributed by atoms with E-state index in [2.05, 4.69) is 0 Å². The molecule has 0 N–H and O–H groups in total. The average Bonchev–Trinajstić information content (AvgIpc) is 1.59. The van der Waals surface area contributed by atoms with Gasteiger partial charge in [-0.3, -0.25) is 0 Å². The summed E-state index contributed by atoms with van der Waals surface area (Å²) < 4.78 is 21.1. The SMILES string of the molecule is [O]C(=O)CS(=O)(=O)CCCl. The van der Waals surface area contributed by atoms with E-state index < -0.39 is 21.6 Å². The molecule has 0 amide bonds. The first-order valence-electron chi connectivity index (χ1n) is 2.44. The van der Waals surface area contributed by atoms with Gasteiger partial charge in [-0.2, -0.15) is 0 Å². The Morgan fingerprint density at radius 3 is 2.20 bits per heavy atom. The first-order chi connectivity index (χ1) is 4.48. The fourth-order valence-electron chi connectivity index (χ4n) is 0.369. The van der Waals surface area contributed by atoms with Gasteiger partial charge in [-0.05, 0) is 0 Å². The van der Waals surface area contributed by atoms with E-state index in [0.717, 1.165) is 0 Å². The van der Waals surface area contributed by atoms with Crippen molar-refractivity contribution in [1.29, 1.82) is 0 Å². The molecule has 0 fully saturated rings. The largest absolute Gasteiger partial charge is 0.370 e. The highest BCUT2D eigenvalue weighted by molar-refractivity contribution is 7.92. The molecule has 0 bridgehead atoms. The summed E-state index contributed by atoms with van der Waals surface area (Å²) in [5.41, 5.74) is 0. The molecule has 4 nitrogen and oxygen atoms in total. The summed E-state index contributed by atoms with van der Waals surface area (Å²) >= 11 is 5.08. The van der Waals surface area contributed by atoms with Crippen molar-refractivity contribution in [3.63, 3.8) is 0 Å². The lowest BCUT2D eigenvalue weighted by molar-refractivity contribution is -0.139. The molecule has 0 unspecified atom stereocenters. The molecule has 0 aliphatic heterocycles. The Balaban J connectivity index is 4.02. The minimum absolute atomic E-state index is 0.0877. The van der Waals surface area contributed by atoms with Crippen LogP contribution in [-0.4, -0.2) is 31.8 Å². The minimum Gasteiger partial charge on any atom is -0.246 e. The van der Waals surface area contributed by atoms with Crippen molar-refractivity contribution in [1.82, 2.24) is 0 Å². The zero-order chi connectivity index (χ0) is 8.20. The molecule has 6 heteroatoms. The number of sulfone groups is 1. The van der Waals surface area contributed by atoms with Crippen molar-refractivity contribution < 1.29 is 18.3 Å². The number of alkyl halides is 1. The van der Waals surface area contributed by atoms with Crippen LogP contribution in [0.25, 0.3) is 0 Å². The molecule has 0 saturated heterocycles. The van der Waals surface area contributed by atoms with E-state index in [0.29, 0.717) is 0 Å². The van der Waals surface area contributed by atoms with Gasteiger partial charge >= 0.3 is 5.97 Å². The first kappa shape index (κ1) is 9.71. The molecule has 0 atom stereocenters. The zero-order valence-electron chi connectivity index (χ0n) is 5.04. The molecule has 0 spiro atoms. The lowest BCUT2D eigenvalue weighted by Gasteiger charge is -1.93. The van der Waals surface area contributed by atoms with Crippen molar-refractivity contribution in [2.24, 2.45) is 0 Å². The third kappa shape index (κ3) is 4.58. The first-order valence-corrected chi connectivity index (χ1v) is 4.80. The Morgan fingerprint density at radius 1 is 1.40 bits per heavy atom. The normalized spacial score (nSPS) is 11.3. The van der Waals surface area contributed by atoms with Crippen LogP contribution in [0, 0.1) is 0 Å². The van der Waals surface area contributed by atoms with E-state index in [1.165, 1.54) is 0 Å². The molecular weight excluding hydrogens is 180 g/mol. The molecule has 0 aromatic carbocycles. The molecule has 1 radical (unpaired) electrons. The summed E-state index contributed by atoms with van der Waals surface area (Å²) in [6.45, 7) is 0. The molecule has 0 aromatic heterocycles. The lowest BCUT2D eigenvalue weighted by atomic mass is 10.8. The number of rotatable bonds is 4. The van der Waals surface area contributed by atoms with Crippen LogP contribution in [0.1, 0.15) is 0 Å². The third-order valence-corrected chi connectivity index (χ3v) is 2.64. The van der Waals surface area contributed by atoms with Crippen LogP contribution < -0.4 is 0 Å². The second kappa shape index (κ2) is 3.78. The van der Waals surface area contributed by atoms with Crippen molar-refractivity contribution in [3.05, 3.63) is 0 Å². The smallest absolute Gasteiger partial charge is 0.246 e. The summed E-state index contributed by atoms with van der Waals surface area (Å²) in [6.07, 6.45) is 0. The van der Waals surface area contributed by atoms with Crippen molar-refractivity contribution in [2.75, 3.05) is 17.4 Å². The molecule has 0 aliphatic carbocycles. The van der Waals surface area contributed by atoms with Crippen LogP contribution in [0.5, 0.6) is 0 Å². The standard InChI is InChI=1S/C4H6ClO4S/c5-1-2-10(8,9)3-4(6)7/h1-3H2. The van der Waals surface area contributed by atoms with Crippen LogP contribution in [0.15, 0.2) is 0 Å². The van der Waals surface area contributed by atoms with Crippen molar-refractivity contribution >= 4 is 27.4 Å². The Kier molecular flexibility index (Phi) is 3.67. The third-order valence-electron chi connectivity index (χ3n) is 0.726. The van der Waals surface area contributed by atoms with Gasteiger partial charge in [0.15, 0.2) is 15.6 Å². The Bertz CT molecular complexity index is 207. The Hall–Kier alpha value is -0.290. The quantitative estimate of drug-likeness (QED) is 0.560. The topological polar surface area (TPSA) is 71.1 Å². The van der Waals surface area contributed by atoms with Gasteiger partial charge in [0.25, 0.3) is 0 Å². The number of halogens is 1. The van der Waals surface area contributed by atoms with Gasteiger partial charge in [0.05, 0.1) is 5.75 Å². The summed E-state index contributed by atoms with van der Waals surface area (Å²) in [4.78, 5) is 9.76. The maximum Gasteiger partial charge on any atom is 0.370 e. The Labute approximate surface area is 63.7 Å². The maximum absolute atomic E-state index is 10.5. The fraction of sp³-hybridized carbons (Fsp3) is 0.750. The van der Waals surface area contributed by atoms with E-state index >= 15 is 0 Å². The van der Waals surface area contributed by atoms with Crippen LogP contribution in [-0.2, 0) is 19.7 Å². The van der Waals surface area contributed by atoms with Gasteiger partial charge in [0, 0.05) is 5.88 Å². The lowest BCUT2D eigenvalue weighted by Crippen LogP contribution is -2.18. The van der Waals surface area contributed by atoms with Crippen molar-refractivity contribution in [2.45, 2.75) is 0 Å². The molecule has 0 aliphatic rings. The highest BCUT2D eigenvalue weighted by Gasteiger charge is 2.15. The Morgan fingerprint density at radius 2 is 1.90 bits per heavy atom. The monoisotopic (exact) mass is 185 g/mol. The van der Waals surface area contributed by atoms with E-state index in [1.807, 2.05) is 0 Å². The van der Waals surface area contributed by atoms with Gasteiger partial charge in [-0.25, -0.2) is 18.3 Å². The predicted octanol–water partition coefficient (Wildman–Crippen LogP) is -0.403. The predicted molar refractivity (Wildman–Crippen MR) is 35.1 cm³/mol. The van der Waals surface area contributed by atoms with Crippen LogP contribution >= 0.6 is 11.6 Å². The second-order valence-electron chi connectivity index (χ2n) is 1.65. The van der Waals surface area contributed by atoms with Gasteiger partial charge in [0.2, 0.25) is 0 Å². The zero-order valence-corrected chi connectivity index (χ0v) is 6.61. The molecule has 59 valence electrons. The number of hydrogen-bond acceptors (Lipinski definition) is 3. The number of carbonyl (C=O) groups excluding carboxylic acids is 1. The number of carbonyl (C=O) groups is 1. The number of hydrogen-bond donors (Lipinski definition) is 0. The van der Waals surface area contributed by atoms with Gasteiger partial charge in [-0.1, -0.05) is 0 Å². The van der Waals surface area contributed by atoms with Gasteiger partial charge in [-0.15, -0.1) is 11.6 Å². The summed E-state index contributed by atoms with van der Waals surface area (Å²) in [5.74, 6) is -2.94. The molecular formula is C4H6ClO4S. The van der Waals surface area contributed by atoms with Crippen LogP contribution in [0.4, 0.5) is 0 Å². The highest BCUT2D eigenvalue weighted by atomic mass is 35.5. The van der Waals surface area contributed by atoms with Gasteiger partial charge in [0.1, 0.15) is 0 Å². The molecule has 0 rings (SSSR count). The minimum atomic E-state index is -3.52. The van der Waals surface area contributed by atoms with Crippen LogP contribution in [0.3, 0.4) is 0 Å². The van der Waals surface area contributed by atoms with E-state index in [9.17, 15) is 18.3 Å².